The summed E-state index contributed by atoms with van der Waals surface area (Å²) < 4.78 is 0. The average Bonchev–Trinajstić information content (AvgIpc) is 2.94. The minimum Gasteiger partial charge on any atom is -0.328 e. The van der Waals surface area contributed by atoms with Gasteiger partial charge in [0.1, 0.15) is 30.6 Å². The van der Waals surface area contributed by atoms with Crippen LogP contribution in [0.1, 0.15) is 11.1 Å². The molecule has 0 aromatic heterocycles. The molecule has 0 bridgehead atoms. The zero-order valence-electron chi connectivity index (χ0n) is 15.7. The molecule has 1 N–H and O–H groups in total. The number of fused-ring (bicyclic) bond motifs is 2. The molecule has 2 aromatic carbocycles. The van der Waals surface area contributed by atoms with E-state index in [1.165, 1.54) is 16.0 Å². The van der Waals surface area contributed by atoms with Crippen LogP contribution in [-0.2, 0) is 17.8 Å². The lowest BCUT2D eigenvalue weighted by Crippen LogP contribution is -3.12. The van der Waals surface area contributed by atoms with Crippen molar-refractivity contribution < 1.29 is 9.69 Å². The van der Waals surface area contributed by atoms with Gasteiger partial charge in [-0.15, -0.1) is 0 Å². The number of quaternary nitrogens is 1. The molecule has 1 atom stereocenters. The Morgan fingerprint density at radius 2 is 1.63 bits per heavy atom. The Kier molecular flexibility index (Phi) is 4.43. The van der Waals surface area contributed by atoms with E-state index < -0.39 is 0 Å². The second-order valence-corrected chi connectivity index (χ2v) is 7.21. The van der Waals surface area contributed by atoms with Gasteiger partial charge in [0.25, 0.3) is 0 Å². The maximum Gasteiger partial charge on any atom is 0.231 e. The Balaban J connectivity index is 1.58. The number of Topliss-reactive ketones (excluding diaryl/α,β-unsaturated/α-hetero) is 1. The number of anilines is 2. The Morgan fingerprint density at radius 1 is 1.04 bits per heavy atom. The van der Waals surface area contributed by atoms with E-state index in [2.05, 4.69) is 24.3 Å². The monoisotopic (exact) mass is 359 g/mol. The second-order valence-electron chi connectivity index (χ2n) is 7.21. The minimum atomic E-state index is -0.0895. The molecular weight excluding hydrogens is 336 g/mol. The smallest absolute Gasteiger partial charge is 0.231 e. The molecule has 4 rings (SSSR count). The summed E-state index contributed by atoms with van der Waals surface area (Å²) in [6.07, 6.45) is 0.975. The quantitative estimate of drug-likeness (QED) is 0.667. The van der Waals surface area contributed by atoms with Gasteiger partial charge in [-0.3, -0.25) is 4.79 Å². The fourth-order valence-electron chi connectivity index (χ4n) is 4.17. The predicted molar refractivity (Wildman–Crippen MR) is 105 cm³/mol. The van der Waals surface area contributed by atoms with Gasteiger partial charge in [0, 0.05) is 26.1 Å². The number of ketones is 1. The molecule has 2 aliphatic rings. The third kappa shape index (κ3) is 2.98. The van der Waals surface area contributed by atoms with Crippen LogP contribution in [0.15, 0.2) is 59.9 Å². The van der Waals surface area contributed by atoms with Crippen molar-refractivity contribution in [2.24, 2.45) is 0 Å². The number of para-hydroxylation sites is 2. The first-order chi connectivity index (χ1) is 13.1. The molecular formula is C22H23N4O+. The lowest BCUT2D eigenvalue weighted by atomic mass is 9.99. The van der Waals surface area contributed by atoms with Gasteiger partial charge in [-0.2, -0.15) is 5.26 Å². The highest BCUT2D eigenvalue weighted by molar-refractivity contribution is 6.03. The molecule has 0 spiro atoms. The fraction of sp³-hybridized carbons (Fsp3) is 0.273. The molecule has 2 aliphatic heterocycles. The first-order valence-corrected chi connectivity index (χ1v) is 9.24. The largest absolute Gasteiger partial charge is 0.328 e. The van der Waals surface area contributed by atoms with Crippen LogP contribution >= 0.6 is 0 Å². The van der Waals surface area contributed by atoms with Gasteiger partial charge in [0.2, 0.25) is 5.78 Å². The van der Waals surface area contributed by atoms with E-state index in [1.807, 2.05) is 54.2 Å². The van der Waals surface area contributed by atoms with E-state index in [9.17, 15) is 10.1 Å². The maximum atomic E-state index is 13.0. The van der Waals surface area contributed by atoms with Crippen molar-refractivity contribution in [3.8, 4) is 6.07 Å². The summed E-state index contributed by atoms with van der Waals surface area (Å²) in [6, 6.07) is 18.5. The highest BCUT2D eigenvalue weighted by Crippen LogP contribution is 2.40. The van der Waals surface area contributed by atoms with Crippen LogP contribution in [0, 0.1) is 11.3 Å². The van der Waals surface area contributed by atoms with Crippen LogP contribution in [0.5, 0.6) is 0 Å². The summed E-state index contributed by atoms with van der Waals surface area (Å²) >= 11 is 0. The highest BCUT2D eigenvalue weighted by atomic mass is 16.1. The maximum absolute atomic E-state index is 13.0. The summed E-state index contributed by atoms with van der Waals surface area (Å²) in [6.45, 7) is 2.10. The van der Waals surface area contributed by atoms with Gasteiger partial charge in [0.15, 0.2) is 0 Å². The summed E-state index contributed by atoms with van der Waals surface area (Å²) in [5.41, 5.74) is 4.94. The molecule has 0 saturated heterocycles. The molecule has 1 unspecified atom stereocenters. The first-order valence-electron chi connectivity index (χ1n) is 9.24. The zero-order chi connectivity index (χ0) is 19.0. The van der Waals surface area contributed by atoms with Crippen molar-refractivity contribution in [2.75, 3.05) is 37.0 Å². The number of hydrogen-bond acceptors (Lipinski definition) is 4. The van der Waals surface area contributed by atoms with Crippen LogP contribution in [0.4, 0.5) is 11.4 Å². The molecule has 0 fully saturated rings. The Labute approximate surface area is 159 Å². The van der Waals surface area contributed by atoms with Crippen molar-refractivity contribution in [1.82, 2.24) is 0 Å². The van der Waals surface area contributed by atoms with Crippen molar-refractivity contribution in [1.29, 1.82) is 5.26 Å². The second kappa shape index (κ2) is 6.90. The predicted octanol–water partition coefficient (Wildman–Crippen LogP) is 1.52. The molecule has 5 heteroatoms. The van der Waals surface area contributed by atoms with E-state index in [0.29, 0.717) is 12.4 Å². The molecule has 2 aromatic rings. The van der Waals surface area contributed by atoms with Gasteiger partial charge in [-0.25, -0.2) is 0 Å². The summed E-state index contributed by atoms with van der Waals surface area (Å²) in [5, 5.41) is 9.77. The number of benzene rings is 2. The van der Waals surface area contributed by atoms with Crippen LogP contribution in [-0.4, -0.2) is 33.0 Å². The highest BCUT2D eigenvalue weighted by Gasteiger charge is 2.33. The van der Waals surface area contributed by atoms with E-state index in [0.717, 1.165) is 30.9 Å². The number of rotatable bonds is 3. The molecule has 0 saturated carbocycles. The molecule has 2 heterocycles. The molecule has 0 amide bonds. The topological polar surface area (TPSA) is 51.8 Å². The average molecular weight is 359 g/mol. The van der Waals surface area contributed by atoms with E-state index in [-0.39, 0.29) is 11.4 Å². The number of nitrogens with zero attached hydrogens (tertiary/aromatic N) is 3. The third-order valence-electron chi connectivity index (χ3n) is 5.57. The summed E-state index contributed by atoms with van der Waals surface area (Å²) in [7, 11) is 3.82. The van der Waals surface area contributed by atoms with Crippen LogP contribution in [0.2, 0.25) is 0 Å². The fourth-order valence-corrected chi connectivity index (χ4v) is 4.17. The number of carbonyl (C=O) groups excluding carboxylic acids is 1. The lowest BCUT2D eigenvalue weighted by molar-refractivity contribution is -0.907. The number of nitrogens with one attached hydrogen (secondary N) is 1. The van der Waals surface area contributed by atoms with Gasteiger partial charge in [-0.05, 0) is 17.7 Å². The summed E-state index contributed by atoms with van der Waals surface area (Å²) in [4.78, 5) is 18.1. The van der Waals surface area contributed by atoms with Gasteiger partial charge >= 0.3 is 0 Å². The van der Waals surface area contributed by atoms with Crippen LogP contribution in [0.3, 0.4) is 0 Å². The Hall–Kier alpha value is -3.10. The molecule has 27 heavy (non-hydrogen) atoms. The van der Waals surface area contributed by atoms with E-state index in [1.54, 1.807) is 0 Å². The Morgan fingerprint density at radius 3 is 2.26 bits per heavy atom. The molecule has 136 valence electrons. The van der Waals surface area contributed by atoms with Crippen molar-refractivity contribution >= 4 is 17.2 Å². The van der Waals surface area contributed by atoms with Crippen molar-refractivity contribution in [3.63, 3.8) is 0 Å². The van der Waals surface area contributed by atoms with Gasteiger partial charge in [-0.1, -0.05) is 36.4 Å². The first kappa shape index (κ1) is 17.3. The normalized spacial score (nSPS) is 18.0. The number of carbonyl (C=O) groups is 1. The zero-order valence-corrected chi connectivity index (χ0v) is 15.7. The standard InChI is InChI=1S/C22H22N4O/c1-24-19-9-5-6-10-20(19)25(2)22(24)18(13-23)21(27)15-26-12-11-16-7-3-4-8-17(16)14-26/h3-10H,11-12,14-15H2,1-2H3/p+1. The number of nitriles is 1. The third-order valence-corrected chi connectivity index (χ3v) is 5.57. The molecule has 5 nitrogen and oxygen atoms in total. The van der Waals surface area contributed by atoms with Gasteiger partial charge in [0.05, 0.1) is 17.9 Å². The van der Waals surface area contributed by atoms with E-state index in [4.69, 9.17) is 0 Å². The Bertz CT molecular complexity index is 941. The minimum absolute atomic E-state index is 0.0895. The van der Waals surface area contributed by atoms with Gasteiger partial charge < -0.3 is 14.7 Å². The molecule has 0 aliphatic carbocycles. The summed E-state index contributed by atoms with van der Waals surface area (Å²) in [5.74, 6) is 0.578. The molecule has 0 radical (unpaired) electrons. The SMILES string of the molecule is CN1C(=C(C#N)C(=O)C[NH+]2CCc3ccccc3C2)N(C)c2ccccc21. The number of hydrogen-bond donors (Lipinski definition) is 1. The van der Waals surface area contributed by atoms with Crippen LogP contribution < -0.4 is 14.7 Å². The van der Waals surface area contributed by atoms with Crippen molar-refractivity contribution in [2.45, 2.75) is 13.0 Å². The van der Waals surface area contributed by atoms with E-state index >= 15 is 0 Å². The van der Waals surface area contributed by atoms with Crippen molar-refractivity contribution in [3.05, 3.63) is 71.1 Å². The lowest BCUT2D eigenvalue weighted by Gasteiger charge is -2.26. The van der Waals surface area contributed by atoms with Crippen LogP contribution in [0.25, 0.3) is 0 Å².